The van der Waals surface area contributed by atoms with Gasteiger partial charge in [-0.15, -0.1) is 0 Å². The molecule has 0 heterocycles. The van der Waals surface area contributed by atoms with Gasteiger partial charge in [0.15, 0.2) is 0 Å². The molecule has 1 aromatic carbocycles. The Morgan fingerprint density at radius 2 is 1.70 bits per heavy atom. The van der Waals surface area contributed by atoms with E-state index < -0.39 is 0 Å². The summed E-state index contributed by atoms with van der Waals surface area (Å²) < 4.78 is 0. The number of allylic oxidation sites excluding steroid dienone is 2. The summed E-state index contributed by atoms with van der Waals surface area (Å²) in [6.07, 6.45) is 10.8. The van der Waals surface area contributed by atoms with Crippen LogP contribution < -0.4 is 11.1 Å². The van der Waals surface area contributed by atoms with Crippen molar-refractivity contribution in [2.45, 2.75) is 52.4 Å². The van der Waals surface area contributed by atoms with Gasteiger partial charge in [-0.3, -0.25) is 4.79 Å². The molecule has 0 aromatic heterocycles. The van der Waals surface area contributed by atoms with Crippen molar-refractivity contribution < 1.29 is 9.59 Å². The quantitative estimate of drug-likeness (QED) is 0.341. The highest BCUT2D eigenvalue weighted by molar-refractivity contribution is 5.92. The van der Waals surface area contributed by atoms with Crippen molar-refractivity contribution in [3.05, 3.63) is 59.2 Å². The minimum absolute atomic E-state index is 0.383. The van der Waals surface area contributed by atoms with Gasteiger partial charge < -0.3 is 11.1 Å². The van der Waals surface area contributed by atoms with Crippen LogP contribution in [0.1, 0.15) is 57.9 Å². The monoisotopic (exact) mass is 369 g/mol. The second-order valence-electron chi connectivity index (χ2n) is 6.42. The third-order valence-electron chi connectivity index (χ3n) is 4.08. The van der Waals surface area contributed by atoms with Crippen LogP contribution in [-0.4, -0.2) is 24.7 Å². The average Bonchev–Trinajstić information content (AvgIpc) is 2.68. The molecular formula is C22H31N3O2. The molecule has 0 bridgehead atoms. The molecule has 0 atom stereocenters. The number of rotatable bonds is 11. The minimum atomic E-state index is -0.383. The minimum Gasteiger partial charge on any atom is -0.366 e. The number of carbonyl (C=O) groups excluding carboxylic acids is 2. The molecule has 3 amide bonds. The Balaban J connectivity index is 2.71. The molecule has 3 N–H and O–H groups in total. The molecule has 0 unspecified atom stereocenters. The predicted molar refractivity (Wildman–Crippen MR) is 112 cm³/mol. The fourth-order valence-electron chi connectivity index (χ4n) is 2.42. The van der Waals surface area contributed by atoms with Crippen molar-refractivity contribution in [1.82, 2.24) is 5.32 Å². The van der Waals surface area contributed by atoms with Gasteiger partial charge in [0.2, 0.25) is 5.91 Å². The van der Waals surface area contributed by atoms with Crippen molar-refractivity contribution in [3.63, 3.8) is 0 Å². The van der Waals surface area contributed by atoms with Gasteiger partial charge in [0.25, 0.3) is 0 Å². The average molecular weight is 370 g/mol. The number of benzene rings is 1. The van der Waals surface area contributed by atoms with E-state index in [1.807, 2.05) is 36.4 Å². The molecule has 0 radical (unpaired) electrons. The summed E-state index contributed by atoms with van der Waals surface area (Å²) in [5.41, 5.74) is 8.01. The van der Waals surface area contributed by atoms with E-state index in [1.54, 1.807) is 12.3 Å². The summed E-state index contributed by atoms with van der Waals surface area (Å²) in [6.45, 7) is 4.60. The molecule has 1 rings (SSSR count). The summed E-state index contributed by atoms with van der Waals surface area (Å²) in [5, 5.41) is 2.81. The maximum atomic E-state index is 12.0. The SMILES string of the molecule is CCCCC(=CC=C(CCCC)C(N)=O)CNC(=O)/N=C\c1ccccc1. The zero-order valence-corrected chi connectivity index (χ0v) is 16.4. The van der Waals surface area contributed by atoms with Crippen LogP contribution >= 0.6 is 0 Å². The van der Waals surface area contributed by atoms with Crippen molar-refractivity contribution in [3.8, 4) is 0 Å². The number of hydrogen-bond donors (Lipinski definition) is 2. The molecule has 0 aliphatic rings. The van der Waals surface area contributed by atoms with Gasteiger partial charge in [-0.2, -0.15) is 0 Å². The highest BCUT2D eigenvalue weighted by Gasteiger charge is 2.05. The highest BCUT2D eigenvalue weighted by atomic mass is 16.2. The van der Waals surface area contributed by atoms with E-state index in [0.717, 1.165) is 43.2 Å². The van der Waals surface area contributed by atoms with E-state index in [9.17, 15) is 9.59 Å². The number of nitrogens with zero attached hydrogens (tertiary/aromatic N) is 1. The number of amides is 3. The van der Waals surface area contributed by atoms with Crippen molar-refractivity contribution in [1.29, 1.82) is 0 Å². The molecule has 0 saturated heterocycles. The molecule has 0 spiro atoms. The number of primary amides is 1. The number of carbonyl (C=O) groups is 2. The lowest BCUT2D eigenvalue weighted by Gasteiger charge is -2.07. The Bertz CT molecular complexity index is 676. The smallest absolute Gasteiger partial charge is 0.341 e. The number of unbranched alkanes of at least 4 members (excludes halogenated alkanes) is 2. The summed E-state index contributed by atoms with van der Waals surface area (Å²) in [4.78, 5) is 27.4. The molecule has 146 valence electrons. The Morgan fingerprint density at radius 1 is 1.04 bits per heavy atom. The largest absolute Gasteiger partial charge is 0.366 e. The summed E-state index contributed by atoms with van der Waals surface area (Å²) in [7, 11) is 0. The van der Waals surface area contributed by atoms with Crippen LogP contribution in [-0.2, 0) is 4.79 Å². The molecule has 0 aliphatic carbocycles. The fraction of sp³-hybridized carbons (Fsp3) is 0.409. The normalized spacial score (nSPS) is 12.4. The Kier molecular flexibility index (Phi) is 11.2. The first kappa shape index (κ1) is 22.4. The summed E-state index contributed by atoms with van der Waals surface area (Å²) in [6, 6.07) is 9.09. The molecule has 27 heavy (non-hydrogen) atoms. The lowest BCUT2D eigenvalue weighted by atomic mass is 10.0. The maximum absolute atomic E-state index is 12.0. The van der Waals surface area contributed by atoms with Crippen LogP contribution in [0.5, 0.6) is 0 Å². The van der Waals surface area contributed by atoms with Gasteiger partial charge in [-0.1, -0.05) is 74.7 Å². The molecule has 1 aromatic rings. The van der Waals surface area contributed by atoms with Gasteiger partial charge in [-0.25, -0.2) is 9.79 Å². The zero-order valence-electron chi connectivity index (χ0n) is 16.4. The molecule has 0 saturated carbocycles. The van der Waals surface area contributed by atoms with Crippen molar-refractivity contribution in [2.24, 2.45) is 10.7 Å². The first-order valence-corrected chi connectivity index (χ1v) is 9.62. The molecule has 0 fully saturated rings. The standard InChI is InChI=1S/C22H31N3O2/c1-3-5-10-19(14-15-20(21(23)26)13-6-4-2)17-25-22(27)24-16-18-11-8-7-9-12-18/h7-9,11-12,14-16H,3-6,10,13,17H2,1-2H3,(H2,23,26)(H,25,27)/b19-14?,20-15?,24-16-. The van der Waals surface area contributed by atoms with E-state index in [0.29, 0.717) is 18.5 Å². The van der Waals surface area contributed by atoms with Crippen LogP contribution in [0, 0.1) is 0 Å². The lowest BCUT2D eigenvalue weighted by molar-refractivity contribution is -0.114. The van der Waals surface area contributed by atoms with E-state index in [-0.39, 0.29) is 11.9 Å². The second kappa shape index (κ2) is 13.5. The summed E-state index contributed by atoms with van der Waals surface area (Å²) in [5.74, 6) is -0.383. The van der Waals surface area contributed by atoms with Gasteiger partial charge >= 0.3 is 6.03 Å². The van der Waals surface area contributed by atoms with Gasteiger partial charge in [-0.05, 0) is 31.2 Å². The van der Waals surface area contributed by atoms with Crippen molar-refractivity contribution in [2.75, 3.05) is 6.54 Å². The molecule has 0 aliphatic heterocycles. The first-order chi connectivity index (χ1) is 13.1. The molecule has 5 nitrogen and oxygen atoms in total. The molecule has 5 heteroatoms. The van der Waals surface area contributed by atoms with E-state index in [1.165, 1.54) is 0 Å². The van der Waals surface area contributed by atoms with Crippen molar-refractivity contribution >= 4 is 18.2 Å². The number of aliphatic imine (C=N–C) groups is 1. The highest BCUT2D eigenvalue weighted by Crippen LogP contribution is 2.11. The topological polar surface area (TPSA) is 84.5 Å². The van der Waals surface area contributed by atoms with Crippen LogP contribution in [0.3, 0.4) is 0 Å². The van der Waals surface area contributed by atoms with E-state index in [4.69, 9.17) is 5.73 Å². The van der Waals surface area contributed by atoms with Crippen LogP contribution in [0.4, 0.5) is 4.79 Å². The Morgan fingerprint density at radius 3 is 2.33 bits per heavy atom. The van der Waals surface area contributed by atoms with Crippen LogP contribution in [0.2, 0.25) is 0 Å². The molecular weight excluding hydrogens is 338 g/mol. The van der Waals surface area contributed by atoms with E-state index in [2.05, 4.69) is 24.2 Å². The second-order valence-corrected chi connectivity index (χ2v) is 6.42. The lowest BCUT2D eigenvalue weighted by Crippen LogP contribution is -2.22. The van der Waals surface area contributed by atoms with E-state index >= 15 is 0 Å². The maximum Gasteiger partial charge on any atom is 0.341 e. The Hall–Kier alpha value is -2.69. The Labute approximate surface area is 162 Å². The predicted octanol–water partition coefficient (Wildman–Crippen LogP) is 4.53. The van der Waals surface area contributed by atoms with Gasteiger partial charge in [0.1, 0.15) is 0 Å². The summed E-state index contributed by atoms with van der Waals surface area (Å²) >= 11 is 0. The van der Waals surface area contributed by atoms with Crippen LogP contribution in [0.15, 0.2) is 58.6 Å². The van der Waals surface area contributed by atoms with Gasteiger partial charge in [0, 0.05) is 18.3 Å². The third kappa shape index (κ3) is 10.1. The fourth-order valence-corrected chi connectivity index (χ4v) is 2.42. The third-order valence-corrected chi connectivity index (χ3v) is 4.08. The zero-order chi connectivity index (χ0) is 19.9. The first-order valence-electron chi connectivity index (χ1n) is 9.62. The number of hydrogen-bond acceptors (Lipinski definition) is 2. The van der Waals surface area contributed by atoms with Crippen LogP contribution in [0.25, 0.3) is 0 Å². The van der Waals surface area contributed by atoms with Gasteiger partial charge in [0.05, 0.1) is 0 Å². The number of nitrogens with two attached hydrogens (primary N) is 1. The number of nitrogens with one attached hydrogen (secondary N) is 1. The number of urea groups is 1.